The maximum Gasteiger partial charge on any atom is 0.349 e. The number of carbonyl (C=O) groups excluding carboxylic acids is 1. The monoisotopic (exact) mass is 367 g/mol. The zero-order valence-electron chi connectivity index (χ0n) is 15.1. The lowest BCUT2D eigenvalue weighted by Gasteiger charge is -2.21. The number of nitrogens with zero attached hydrogens (tertiary/aromatic N) is 3. The molecule has 0 saturated carbocycles. The number of aromatic nitrogens is 3. The highest BCUT2D eigenvalue weighted by Gasteiger charge is 2.22. The Kier molecular flexibility index (Phi) is 4.72. The van der Waals surface area contributed by atoms with Gasteiger partial charge in [-0.05, 0) is 56.6 Å². The smallest absolute Gasteiger partial charge is 0.349 e. The van der Waals surface area contributed by atoms with Gasteiger partial charge in [-0.15, -0.1) is 0 Å². The first-order chi connectivity index (χ1) is 13.1. The van der Waals surface area contributed by atoms with Gasteiger partial charge in [0.15, 0.2) is 5.65 Å². The van der Waals surface area contributed by atoms with Gasteiger partial charge in [0.2, 0.25) is 0 Å². The summed E-state index contributed by atoms with van der Waals surface area (Å²) in [4.78, 5) is 29.2. The summed E-state index contributed by atoms with van der Waals surface area (Å²) in [5, 5.41) is 10.2. The van der Waals surface area contributed by atoms with Crippen LogP contribution in [0.1, 0.15) is 46.1 Å². The zero-order valence-corrected chi connectivity index (χ0v) is 15.1. The van der Waals surface area contributed by atoms with Gasteiger partial charge >= 0.3 is 5.63 Å². The van der Waals surface area contributed by atoms with Crippen LogP contribution in [0, 0.1) is 6.92 Å². The molecule has 1 aliphatic heterocycles. The van der Waals surface area contributed by atoms with E-state index in [2.05, 4.69) is 20.7 Å². The molecule has 0 spiro atoms. The Balaban J connectivity index is 1.53. The largest absolute Gasteiger partial charge is 0.427 e. The summed E-state index contributed by atoms with van der Waals surface area (Å²) in [5.41, 5.74) is 1.57. The third-order valence-electron chi connectivity index (χ3n) is 4.95. The molecule has 1 aliphatic rings. The van der Waals surface area contributed by atoms with Crippen molar-refractivity contribution >= 4 is 11.6 Å². The van der Waals surface area contributed by atoms with Crippen LogP contribution in [0.4, 0.5) is 0 Å². The molecule has 1 saturated heterocycles. The van der Waals surface area contributed by atoms with E-state index < -0.39 is 11.5 Å². The Hall–Kier alpha value is -3.00. The summed E-state index contributed by atoms with van der Waals surface area (Å²) < 4.78 is 7.14. The van der Waals surface area contributed by atoms with Crippen molar-refractivity contribution in [3.8, 4) is 0 Å². The summed E-state index contributed by atoms with van der Waals surface area (Å²) in [6.07, 6.45) is 3.31. The average molecular weight is 367 g/mol. The molecule has 0 bridgehead atoms. The number of fused-ring (bicyclic) bond motifs is 1. The number of hydrogen-bond acceptors (Lipinski definition) is 6. The van der Waals surface area contributed by atoms with Gasteiger partial charge in [0.1, 0.15) is 17.7 Å². The molecule has 27 heavy (non-hydrogen) atoms. The molecule has 0 aliphatic carbocycles. The third-order valence-corrected chi connectivity index (χ3v) is 4.95. The van der Waals surface area contributed by atoms with E-state index in [1.54, 1.807) is 11.4 Å². The van der Waals surface area contributed by atoms with Crippen molar-refractivity contribution in [2.24, 2.45) is 0 Å². The van der Waals surface area contributed by atoms with Crippen LogP contribution in [0.15, 0.2) is 39.8 Å². The fourth-order valence-corrected chi connectivity index (χ4v) is 3.51. The molecule has 8 heteroatoms. The molecule has 4 heterocycles. The van der Waals surface area contributed by atoms with Crippen LogP contribution in [0.2, 0.25) is 0 Å². The fraction of sp³-hybridized carbons (Fsp3) is 0.368. The van der Waals surface area contributed by atoms with Gasteiger partial charge in [0.25, 0.3) is 5.91 Å². The van der Waals surface area contributed by atoms with E-state index in [-0.39, 0.29) is 18.0 Å². The molecular formula is C19H21N5O3. The van der Waals surface area contributed by atoms with E-state index in [0.29, 0.717) is 17.0 Å². The molecule has 2 N–H and O–H groups in total. The second-order valence-corrected chi connectivity index (χ2v) is 6.75. The molecule has 0 unspecified atom stereocenters. The van der Waals surface area contributed by atoms with Gasteiger partial charge < -0.3 is 15.1 Å². The SMILES string of the molecule is Cc1cc(C2CCNCC2)oc(=O)c1C(=O)NCc1cccc2ncnn12. The standard InChI is InChI=1S/C19H21N5O3/c1-12-9-15(13-5-7-20-8-6-13)27-19(26)17(12)18(25)21-10-14-3-2-4-16-22-11-23-24(14)16/h2-4,9,11,13,20H,5-8,10H2,1H3,(H,21,25). The van der Waals surface area contributed by atoms with Gasteiger partial charge in [-0.2, -0.15) is 5.10 Å². The quantitative estimate of drug-likeness (QED) is 0.723. The van der Waals surface area contributed by atoms with Gasteiger partial charge in [0, 0.05) is 5.92 Å². The molecule has 4 rings (SSSR count). The molecule has 0 aromatic carbocycles. The predicted octanol–water partition coefficient (Wildman–Crippen LogP) is 1.39. The van der Waals surface area contributed by atoms with Crippen LogP contribution in [0.5, 0.6) is 0 Å². The zero-order chi connectivity index (χ0) is 18.8. The second-order valence-electron chi connectivity index (χ2n) is 6.75. The van der Waals surface area contributed by atoms with E-state index in [9.17, 15) is 9.59 Å². The highest BCUT2D eigenvalue weighted by Crippen LogP contribution is 2.25. The van der Waals surface area contributed by atoms with Crippen LogP contribution >= 0.6 is 0 Å². The van der Waals surface area contributed by atoms with Crippen molar-refractivity contribution in [3.63, 3.8) is 0 Å². The molecule has 0 atom stereocenters. The maximum absolute atomic E-state index is 12.6. The Bertz CT molecular complexity index is 1030. The van der Waals surface area contributed by atoms with Gasteiger partial charge in [0.05, 0.1) is 12.2 Å². The number of nitrogens with one attached hydrogen (secondary N) is 2. The number of pyridine rings is 1. The lowest BCUT2D eigenvalue weighted by molar-refractivity contribution is 0.0945. The lowest BCUT2D eigenvalue weighted by atomic mass is 9.94. The normalized spacial score (nSPS) is 15.1. The number of hydrogen-bond donors (Lipinski definition) is 2. The minimum atomic E-state index is -0.583. The first kappa shape index (κ1) is 17.4. The number of amides is 1. The summed E-state index contributed by atoms with van der Waals surface area (Å²) in [7, 11) is 0. The van der Waals surface area contributed by atoms with Gasteiger partial charge in [-0.3, -0.25) is 4.79 Å². The third kappa shape index (κ3) is 3.48. The molecular weight excluding hydrogens is 346 g/mol. The van der Waals surface area contributed by atoms with Crippen LogP contribution in [0.3, 0.4) is 0 Å². The maximum atomic E-state index is 12.6. The molecule has 1 fully saturated rings. The average Bonchev–Trinajstić information content (AvgIpc) is 3.16. The van der Waals surface area contributed by atoms with E-state index in [0.717, 1.165) is 31.6 Å². The van der Waals surface area contributed by atoms with Crippen LogP contribution in [-0.4, -0.2) is 33.6 Å². The fourth-order valence-electron chi connectivity index (χ4n) is 3.51. The second kappa shape index (κ2) is 7.32. The highest BCUT2D eigenvalue weighted by atomic mass is 16.4. The summed E-state index contributed by atoms with van der Waals surface area (Å²) >= 11 is 0. The van der Waals surface area contributed by atoms with Crippen LogP contribution < -0.4 is 16.3 Å². The van der Waals surface area contributed by atoms with Crippen molar-refractivity contribution in [1.29, 1.82) is 0 Å². The van der Waals surface area contributed by atoms with Crippen LogP contribution in [-0.2, 0) is 6.54 Å². The lowest BCUT2D eigenvalue weighted by Crippen LogP contribution is -2.31. The Morgan fingerprint density at radius 3 is 2.96 bits per heavy atom. The summed E-state index contributed by atoms with van der Waals surface area (Å²) in [6.45, 7) is 3.82. The number of piperidine rings is 1. The number of rotatable bonds is 4. The minimum absolute atomic E-state index is 0.0541. The first-order valence-electron chi connectivity index (χ1n) is 9.04. The predicted molar refractivity (Wildman–Crippen MR) is 98.7 cm³/mol. The van der Waals surface area contributed by atoms with Crippen molar-refractivity contribution in [2.45, 2.75) is 32.2 Å². The van der Waals surface area contributed by atoms with E-state index in [1.807, 2.05) is 24.3 Å². The molecule has 140 valence electrons. The molecule has 1 amide bonds. The minimum Gasteiger partial charge on any atom is -0.427 e. The Labute approximate surface area is 155 Å². The Morgan fingerprint density at radius 1 is 1.37 bits per heavy atom. The van der Waals surface area contributed by atoms with Crippen molar-refractivity contribution in [1.82, 2.24) is 25.2 Å². The van der Waals surface area contributed by atoms with E-state index in [1.165, 1.54) is 6.33 Å². The van der Waals surface area contributed by atoms with E-state index in [4.69, 9.17) is 4.42 Å². The first-order valence-corrected chi connectivity index (χ1v) is 9.04. The van der Waals surface area contributed by atoms with Gasteiger partial charge in [-0.25, -0.2) is 14.3 Å². The van der Waals surface area contributed by atoms with E-state index >= 15 is 0 Å². The van der Waals surface area contributed by atoms with Crippen molar-refractivity contribution < 1.29 is 9.21 Å². The highest BCUT2D eigenvalue weighted by molar-refractivity contribution is 5.95. The topological polar surface area (TPSA) is 102 Å². The molecule has 3 aromatic heterocycles. The molecule has 0 radical (unpaired) electrons. The summed E-state index contributed by atoms with van der Waals surface area (Å²) in [5.74, 6) is 0.442. The molecule has 8 nitrogen and oxygen atoms in total. The number of carbonyl (C=O) groups is 1. The summed E-state index contributed by atoms with van der Waals surface area (Å²) in [6, 6.07) is 7.34. The number of aryl methyl sites for hydroxylation is 1. The Morgan fingerprint density at radius 2 is 2.19 bits per heavy atom. The van der Waals surface area contributed by atoms with Crippen LogP contribution in [0.25, 0.3) is 5.65 Å². The molecule has 3 aromatic rings. The van der Waals surface area contributed by atoms with Gasteiger partial charge in [-0.1, -0.05) is 6.07 Å². The van der Waals surface area contributed by atoms with Crippen molar-refractivity contribution in [3.05, 3.63) is 63.6 Å². The van der Waals surface area contributed by atoms with Crippen molar-refractivity contribution in [2.75, 3.05) is 13.1 Å².